The molecule has 1 aromatic heterocycles. The van der Waals surface area contributed by atoms with Gasteiger partial charge in [0.1, 0.15) is 5.82 Å². The lowest BCUT2D eigenvalue weighted by Gasteiger charge is -2.01. The first-order valence-corrected chi connectivity index (χ1v) is 7.04. The van der Waals surface area contributed by atoms with Crippen LogP contribution in [0.2, 0.25) is 0 Å². The summed E-state index contributed by atoms with van der Waals surface area (Å²) in [6.07, 6.45) is 0.559. The summed E-state index contributed by atoms with van der Waals surface area (Å²) >= 11 is 0. The topological polar surface area (TPSA) is 70.1 Å². The molecule has 0 fully saturated rings. The van der Waals surface area contributed by atoms with Gasteiger partial charge in [0, 0.05) is 17.7 Å². The average molecular weight is 292 g/mol. The highest BCUT2D eigenvalue weighted by Gasteiger charge is 2.05. The van der Waals surface area contributed by atoms with Crippen molar-refractivity contribution in [2.24, 2.45) is 5.10 Å². The van der Waals surface area contributed by atoms with Crippen LogP contribution in [0.5, 0.6) is 0 Å². The van der Waals surface area contributed by atoms with Crippen LogP contribution in [0.25, 0.3) is 11.0 Å². The predicted octanol–water partition coefficient (Wildman–Crippen LogP) is 2.91. The summed E-state index contributed by atoms with van der Waals surface area (Å²) in [4.78, 5) is 19.6. The van der Waals surface area contributed by atoms with E-state index in [1.807, 2.05) is 49.4 Å². The second-order valence-electron chi connectivity index (χ2n) is 5.03. The van der Waals surface area contributed by atoms with Gasteiger partial charge in [0.05, 0.1) is 11.0 Å². The molecule has 0 saturated carbocycles. The summed E-state index contributed by atoms with van der Waals surface area (Å²) in [5.74, 6) is 0.612. The number of benzene rings is 2. The molecule has 110 valence electrons. The third kappa shape index (κ3) is 3.20. The number of aromatic amines is 1. The number of rotatable bonds is 4. The second-order valence-corrected chi connectivity index (χ2v) is 5.03. The number of fused-ring (bicyclic) bond motifs is 1. The van der Waals surface area contributed by atoms with Crippen LogP contribution in [0.3, 0.4) is 0 Å². The summed E-state index contributed by atoms with van der Waals surface area (Å²) in [6.45, 7) is 1.86. The van der Waals surface area contributed by atoms with Gasteiger partial charge in [0.2, 0.25) is 0 Å². The number of imidazole rings is 1. The van der Waals surface area contributed by atoms with Crippen molar-refractivity contribution in [3.63, 3.8) is 0 Å². The zero-order valence-corrected chi connectivity index (χ0v) is 12.2. The maximum atomic E-state index is 11.9. The highest BCUT2D eigenvalue weighted by molar-refractivity contribution is 5.95. The van der Waals surface area contributed by atoms with Crippen molar-refractivity contribution in [3.05, 3.63) is 66.0 Å². The molecule has 3 rings (SSSR count). The fourth-order valence-electron chi connectivity index (χ4n) is 2.17. The van der Waals surface area contributed by atoms with Crippen molar-refractivity contribution >= 4 is 22.7 Å². The largest absolute Gasteiger partial charge is 0.342 e. The van der Waals surface area contributed by atoms with Gasteiger partial charge in [-0.15, -0.1) is 0 Å². The SMILES string of the molecule is CC(Cc1nc2ccccc2[nH]1)=NNC(=O)c1ccccc1. The molecule has 0 aliphatic heterocycles. The fourth-order valence-corrected chi connectivity index (χ4v) is 2.17. The molecule has 0 unspecified atom stereocenters. The molecule has 0 atom stereocenters. The Balaban J connectivity index is 1.66. The molecule has 0 aliphatic carbocycles. The third-order valence-electron chi connectivity index (χ3n) is 3.25. The molecule has 0 spiro atoms. The Kier molecular flexibility index (Phi) is 3.96. The molecule has 1 amide bonds. The Hall–Kier alpha value is -2.95. The number of aromatic nitrogens is 2. The highest BCUT2D eigenvalue weighted by Crippen LogP contribution is 2.10. The number of para-hydroxylation sites is 2. The van der Waals surface area contributed by atoms with Gasteiger partial charge in [-0.05, 0) is 31.2 Å². The molecule has 0 saturated heterocycles. The predicted molar refractivity (Wildman–Crippen MR) is 86.8 cm³/mol. The van der Waals surface area contributed by atoms with Gasteiger partial charge in [0.15, 0.2) is 0 Å². The van der Waals surface area contributed by atoms with Crippen LogP contribution in [0.15, 0.2) is 59.7 Å². The van der Waals surface area contributed by atoms with Crippen molar-refractivity contribution < 1.29 is 4.79 Å². The van der Waals surface area contributed by atoms with Crippen LogP contribution < -0.4 is 5.43 Å². The monoisotopic (exact) mass is 292 g/mol. The van der Waals surface area contributed by atoms with E-state index in [4.69, 9.17) is 0 Å². The van der Waals surface area contributed by atoms with Crippen molar-refractivity contribution in [1.29, 1.82) is 0 Å². The number of H-pyrrole nitrogens is 1. The number of carbonyl (C=O) groups excluding carboxylic acids is 1. The van der Waals surface area contributed by atoms with E-state index in [2.05, 4.69) is 20.5 Å². The smallest absolute Gasteiger partial charge is 0.271 e. The normalized spacial score (nSPS) is 11.6. The molecule has 1 heterocycles. The third-order valence-corrected chi connectivity index (χ3v) is 3.25. The maximum Gasteiger partial charge on any atom is 0.271 e. The minimum atomic E-state index is -0.218. The molecule has 22 heavy (non-hydrogen) atoms. The van der Waals surface area contributed by atoms with Crippen molar-refractivity contribution in [3.8, 4) is 0 Å². The van der Waals surface area contributed by atoms with E-state index in [1.54, 1.807) is 12.1 Å². The molecule has 0 radical (unpaired) electrons. The Morgan fingerprint density at radius 2 is 1.86 bits per heavy atom. The molecule has 5 nitrogen and oxygen atoms in total. The number of carbonyl (C=O) groups is 1. The van der Waals surface area contributed by atoms with Crippen LogP contribution >= 0.6 is 0 Å². The van der Waals surface area contributed by atoms with Crippen LogP contribution in [-0.2, 0) is 6.42 Å². The summed E-state index contributed by atoms with van der Waals surface area (Å²) < 4.78 is 0. The van der Waals surface area contributed by atoms with E-state index in [0.29, 0.717) is 12.0 Å². The van der Waals surface area contributed by atoms with E-state index in [-0.39, 0.29) is 5.91 Å². The highest BCUT2D eigenvalue weighted by atomic mass is 16.2. The van der Waals surface area contributed by atoms with Gasteiger partial charge >= 0.3 is 0 Å². The molecule has 2 N–H and O–H groups in total. The standard InChI is InChI=1S/C17H16N4O/c1-12(20-21-17(22)13-7-3-2-4-8-13)11-16-18-14-9-5-6-10-15(14)19-16/h2-10H,11H2,1H3,(H,18,19)(H,21,22). The first-order chi connectivity index (χ1) is 10.7. The molecular formula is C17H16N4O. The Morgan fingerprint density at radius 1 is 1.14 bits per heavy atom. The first-order valence-electron chi connectivity index (χ1n) is 7.04. The maximum absolute atomic E-state index is 11.9. The summed E-state index contributed by atoms with van der Waals surface area (Å²) in [5, 5.41) is 4.12. The van der Waals surface area contributed by atoms with Gasteiger partial charge < -0.3 is 4.98 Å². The van der Waals surface area contributed by atoms with Crippen LogP contribution in [0.1, 0.15) is 23.1 Å². The zero-order valence-electron chi connectivity index (χ0n) is 12.2. The lowest BCUT2D eigenvalue weighted by molar-refractivity contribution is 0.0954. The molecular weight excluding hydrogens is 276 g/mol. The lowest BCUT2D eigenvalue weighted by Crippen LogP contribution is -2.19. The van der Waals surface area contributed by atoms with Gasteiger partial charge in [-0.2, -0.15) is 5.10 Å². The summed E-state index contributed by atoms with van der Waals surface area (Å²) in [5.41, 5.74) is 5.85. The van der Waals surface area contributed by atoms with E-state index in [1.165, 1.54) is 0 Å². The van der Waals surface area contributed by atoms with Gasteiger partial charge in [-0.3, -0.25) is 4.79 Å². The van der Waals surface area contributed by atoms with Crippen LogP contribution in [0, 0.1) is 0 Å². The molecule has 0 bridgehead atoms. The zero-order chi connectivity index (χ0) is 15.4. The van der Waals surface area contributed by atoms with E-state index >= 15 is 0 Å². The Bertz CT molecular complexity index is 788. The van der Waals surface area contributed by atoms with Crippen LogP contribution in [-0.4, -0.2) is 21.6 Å². The van der Waals surface area contributed by atoms with Gasteiger partial charge in [-0.1, -0.05) is 30.3 Å². The number of hydrogen-bond donors (Lipinski definition) is 2. The number of hydrazone groups is 1. The molecule has 0 aliphatic rings. The average Bonchev–Trinajstić information content (AvgIpc) is 2.95. The molecule has 5 heteroatoms. The second kappa shape index (κ2) is 6.22. The van der Waals surface area contributed by atoms with E-state index in [9.17, 15) is 4.79 Å². The number of nitrogens with zero attached hydrogens (tertiary/aromatic N) is 2. The Morgan fingerprint density at radius 3 is 2.64 bits per heavy atom. The lowest BCUT2D eigenvalue weighted by atomic mass is 10.2. The first kappa shape index (κ1) is 14.0. The van der Waals surface area contributed by atoms with Crippen LogP contribution in [0.4, 0.5) is 0 Å². The quantitative estimate of drug-likeness (QED) is 0.573. The van der Waals surface area contributed by atoms with Crippen molar-refractivity contribution in [2.45, 2.75) is 13.3 Å². The van der Waals surface area contributed by atoms with E-state index in [0.717, 1.165) is 22.6 Å². The summed E-state index contributed by atoms with van der Waals surface area (Å²) in [6, 6.07) is 16.9. The number of hydrogen-bond acceptors (Lipinski definition) is 3. The number of amides is 1. The van der Waals surface area contributed by atoms with Gasteiger partial charge in [-0.25, -0.2) is 10.4 Å². The summed E-state index contributed by atoms with van der Waals surface area (Å²) in [7, 11) is 0. The number of nitrogens with one attached hydrogen (secondary N) is 2. The minimum absolute atomic E-state index is 0.218. The molecule has 2 aromatic carbocycles. The van der Waals surface area contributed by atoms with E-state index < -0.39 is 0 Å². The Labute approximate surface area is 128 Å². The fraction of sp³-hybridized carbons (Fsp3) is 0.118. The van der Waals surface area contributed by atoms with Gasteiger partial charge in [0.25, 0.3) is 5.91 Å². The van der Waals surface area contributed by atoms with Crippen molar-refractivity contribution in [1.82, 2.24) is 15.4 Å². The van der Waals surface area contributed by atoms with Crippen molar-refractivity contribution in [2.75, 3.05) is 0 Å². The molecule has 3 aromatic rings. The minimum Gasteiger partial charge on any atom is -0.342 e.